The Morgan fingerprint density at radius 1 is 1.11 bits per heavy atom. The van der Waals surface area contributed by atoms with Crippen LogP contribution in [-0.4, -0.2) is 17.7 Å². The third kappa shape index (κ3) is 7.30. The van der Waals surface area contributed by atoms with E-state index in [0.717, 1.165) is 42.9 Å². The zero-order valence-electron chi connectivity index (χ0n) is 10.4. The summed E-state index contributed by atoms with van der Waals surface area (Å²) >= 11 is 5.78. The van der Waals surface area contributed by atoms with Crippen LogP contribution in [0.4, 0.5) is 0 Å². The van der Waals surface area contributed by atoms with Gasteiger partial charge in [0, 0.05) is 18.1 Å². The van der Waals surface area contributed by atoms with Crippen LogP contribution in [0.25, 0.3) is 0 Å². The van der Waals surface area contributed by atoms with Gasteiger partial charge < -0.3 is 9.84 Å². The van der Waals surface area contributed by atoms with E-state index in [9.17, 15) is 4.79 Å². The number of aliphatic carboxylic acids is 1. The van der Waals surface area contributed by atoms with E-state index in [-0.39, 0.29) is 6.42 Å². The molecular formula is C14H19ClO3. The molecule has 0 heterocycles. The molecule has 0 radical (unpaired) electrons. The first-order chi connectivity index (χ1) is 8.68. The first-order valence-corrected chi connectivity index (χ1v) is 6.60. The SMILES string of the molecule is O=C(O)CCCCCCOCc1ccc(Cl)cc1. The molecule has 1 N–H and O–H groups in total. The van der Waals surface area contributed by atoms with Gasteiger partial charge in [0.1, 0.15) is 0 Å². The Bertz CT molecular complexity index is 349. The van der Waals surface area contributed by atoms with E-state index in [0.29, 0.717) is 6.61 Å². The van der Waals surface area contributed by atoms with Crippen molar-refractivity contribution in [3.63, 3.8) is 0 Å². The van der Waals surface area contributed by atoms with Gasteiger partial charge in [-0.15, -0.1) is 0 Å². The molecule has 0 aliphatic heterocycles. The maximum atomic E-state index is 10.3. The molecule has 4 heteroatoms. The van der Waals surface area contributed by atoms with Crippen LogP contribution in [0.5, 0.6) is 0 Å². The topological polar surface area (TPSA) is 46.5 Å². The Morgan fingerprint density at radius 3 is 2.44 bits per heavy atom. The van der Waals surface area contributed by atoms with E-state index >= 15 is 0 Å². The molecule has 1 aromatic rings. The largest absolute Gasteiger partial charge is 0.481 e. The van der Waals surface area contributed by atoms with E-state index < -0.39 is 5.97 Å². The summed E-state index contributed by atoms with van der Waals surface area (Å²) < 4.78 is 5.53. The molecule has 1 aromatic carbocycles. The average molecular weight is 271 g/mol. The molecule has 3 nitrogen and oxygen atoms in total. The van der Waals surface area contributed by atoms with Crippen molar-refractivity contribution in [2.24, 2.45) is 0 Å². The zero-order chi connectivity index (χ0) is 13.2. The zero-order valence-corrected chi connectivity index (χ0v) is 11.2. The molecule has 0 aromatic heterocycles. The quantitative estimate of drug-likeness (QED) is 0.693. The Morgan fingerprint density at radius 2 is 1.78 bits per heavy atom. The molecule has 1 rings (SSSR count). The number of unbranched alkanes of at least 4 members (excludes halogenated alkanes) is 3. The molecule has 0 fully saturated rings. The highest BCUT2D eigenvalue weighted by atomic mass is 35.5. The van der Waals surface area contributed by atoms with Crippen LogP contribution in [0.15, 0.2) is 24.3 Å². The number of carbonyl (C=O) groups is 1. The third-order valence-electron chi connectivity index (χ3n) is 2.61. The Kier molecular flexibility index (Phi) is 7.46. The highest BCUT2D eigenvalue weighted by molar-refractivity contribution is 6.30. The normalized spacial score (nSPS) is 10.5. The van der Waals surface area contributed by atoms with Crippen LogP contribution in [-0.2, 0) is 16.1 Å². The van der Waals surface area contributed by atoms with Crippen molar-refractivity contribution in [2.75, 3.05) is 6.61 Å². The molecule has 0 amide bonds. The summed E-state index contributed by atoms with van der Waals surface area (Å²) in [4.78, 5) is 10.3. The summed E-state index contributed by atoms with van der Waals surface area (Å²) in [5.41, 5.74) is 1.12. The van der Waals surface area contributed by atoms with Gasteiger partial charge in [-0.1, -0.05) is 36.6 Å². The van der Waals surface area contributed by atoms with Gasteiger partial charge in [0.15, 0.2) is 0 Å². The average Bonchev–Trinajstić information content (AvgIpc) is 2.34. The lowest BCUT2D eigenvalue weighted by molar-refractivity contribution is -0.137. The maximum absolute atomic E-state index is 10.3. The number of carboxylic acid groups (broad SMARTS) is 1. The fourth-order valence-corrected chi connectivity index (χ4v) is 1.73. The molecule has 0 saturated carbocycles. The Labute approximate surface area is 113 Å². The molecular weight excluding hydrogens is 252 g/mol. The van der Waals surface area contributed by atoms with Crippen LogP contribution in [0.3, 0.4) is 0 Å². The van der Waals surface area contributed by atoms with Crippen LogP contribution in [0.2, 0.25) is 5.02 Å². The second kappa shape index (κ2) is 8.95. The third-order valence-corrected chi connectivity index (χ3v) is 2.86. The van der Waals surface area contributed by atoms with Gasteiger partial charge in [-0.25, -0.2) is 0 Å². The number of carboxylic acids is 1. The highest BCUT2D eigenvalue weighted by Crippen LogP contribution is 2.10. The van der Waals surface area contributed by atoms with Gasteiger partial charge >= 0.3 is 5.97 Å². The van der Waals surface area contributed by atoms with Gasteiger partial charge in [0.25, 0.3) is 0 Å². The fourth-order valence-electron chi connectivity index (χ4n) is 1.60. The monoisotopic (exact) mass is 270 g/mol. The minimum atomic E-state index is -0.714. The van der Waals surface area contributed by atoms with Crippen LogP contribution in [0, 0.1) is 0 Å². The van der Waals surface area contributed by atoms with E-state index in [4.69, 9.17) is 21.4 Å². The van der Waals surface area contributed by atoms with Crippen molar-refractivity contribution in [3.8, 4) is 0 Å². The second-order valence-electron chi connectivity index (χ2n) is 4.24. The molecule has 0 atom stereocenters. The minimum Gasteiger partial charge on any atom is -0.481 e. The molecule has 0 aliphatic carbocycles. The van der Waals surface area contributed by atoms with Crippen molar-refractivity contribution < 1.29 is 14.6 Å². The number of hydrogen-bond donors (Lipinski definition) is 1. The molecule has 0 unspecified atom stereocenters. The predicted octanol–water partition coefficient (Wildman–Crippen LogP) is 3.89. The number of hydrogen-bond acceptors (Lipinski definition) is 2. The summed E-state index contributed by atoms with van der Waals surface area (Å²) in [6.07, 6.45) is 3.98. The molecule has 0 saturated heterocycles. The van der Waals surface area contributed by atoms with E-state index in [1.165, 1.54) is 0 Å². The lowest BCUT2D eigenvalue weighted by Crippen LogP contribution is -1.97. The van der Waals surface area contributed by atoms with E-state index in [1.54, 1.807) is 0 Å². The van der Waals surface area contributed by atoms with Gasteiger partial charge in [0.2, 0.25) is 0 Å². The lowest BCUT2D eigenvalue weighted by atomic mass is 10.1. The lowest BCUT2D eigenvalue weighted by Gasteiger charge is -2.04. The maximum Gasteiger partial charge on any atom is 0.303 e. The molecule has 100 valence electrons. The summed E-state index contributed by atoms with van der Waals surface area (Å²) in [5.74, 6) is -0.714. The van der Waals surface area contributed by atoms with Crippen LogP contribution >= 0.6 is 11.6 Å². The predicted molar refractivity (Wildman–Crippen MR) is 71.8 cm³/mol. The van der Waals surface area contributed by atoms with Crippen LogP contribution < -0.4 is 0 Å². The smallest absolute Gasteiger partial charge is 0.303 e. The first kappa shape index (κ1) is 15.0. The summed E-state index contributed by atoms with van der Waals surface area (Å²) in [5, 5.41) is 9.20. The molecule has 0 bridgehead atoms. The number of ether oxygens (including phenoxy) is 1. The fraction of sp³-hybridized carbons (Fsp3) is 0.500. The summed E-state index contributed by atoms with van der Waals surface area (Å²) in [6.45, 7) is 1.32. The van der Waals surface area contributed by atoms with Crippen molar-refractivity contribution in [3.05, 3.63) is 34.9 Å². The number of halogens is 1. The van der Waals surface area contributed by atoms with E-state index in [2.05, 4.69) is 0 Å². The van der Waals surface area contributed by atoms with Crippen molar-refractivity contribution >= 4 is 17.6 Å². The Hall–Kier alpha value is -1.06. The second-order valence-corrected chi connectivity index (χ2v) is 4.67. The van der Waals surface area contributed by atoms with Crippen molar-refractivity contribution in [2.45, 2.75) is 38.7 Å². The number of rotatable bonds is 9. The van der Waals surface area contributed by atoms with Gasteiger partial charge in [-0.3, -0.25) is 4.79 Å². The molecule has 18 heavy (non-hydrogen) atoms. The standard InChI is InChI=1S/C14H19ClO3/c15-13-8-6-12(7-9-13)11-18-10-4-2-1-3-5-14(16)17/h6-9H,1-5,10-11H2,(H,16,17). The number of benzene rings is 1. The minimum absolute atomic E-state index is 0.269. The van der Waals surface area contributed by atoms with Crippen molar-refractivity contribution in [1.29, 1.82) is 0 Å². The van der Waals surface area contributed by atoms with Gasteiger partial charge in [-0.2, -0.15) is 0 Å². The van der Waals surface area contributed by atoms with Gasteiger partial charge in [-0.05, 0) is 30.5 Å². The first-order valence-electron chi connectivity index (χ1n) is 6.22. The van der Waals surface area contributed by atoms with Gasteiger partial charge in [0.05, 0.1) is 6.61 Å². The van der Waals surface area contributed by atoms with Crippen LogP contribution in [0.1, 0.15) is 37.7 Å². The summed E-state index contributed by atoms with van der Waals surface area (Å²) in [6, 6.07) is 7.61. The highest BCUT2D eigenvalue weighted by Gasteiger charge is 1.97. The summed E-state index contributed by atoms with van der Waals surface area (Å²) in [7, 11) is 0. The van der Waals surface area contributed by atoms with E-state index in [1.807, 2.05) is 24.3 Å². The molecule has 0 aliphatic rings. The Balaban J connectivity index is 1.95. The molecule has 0 spiro atoms. The van der Waals surface area contributed by atoms with Crippen molar-refractivity contribution in [1.82, 2.24) is 0 Å².